The molecule has 1 aromatic heterocycles. The number of amides is 1. The Morgan fingerprint density at radius 3 is 3.04 bits per heavy atom. The molecule has 1 amide bonds. The van der Waals surface area contributed by atoms with Crippen LogP contribution in [0, 0.1) is 0 Å². The van der Waals surface area contributed by atoms with E-state index in [0.29, 0.717) is 11.4 Å². The number of nitrogens with zero attached hydrogens (tertiary/aromatic N) is 1. The smallest absolute Gasteiger partial charge is 0.224 e. The van der Waals surface area contributed by atoms with Crippen molar-refractivity contribution < 1.29 is 4.79 Å². The number of hydrogen-bond acceptors (Lipinski definition) is 3. The number of carbonyl (C=O) groups is 1. The van der Waals surface area contributed by atoms with Crippen LogP contribution in [0.25, 0.3) is 10.9 Å². The van der Waals surface area contributed by atoms with Gasteiger partial charge in [0.1, 0.15) is 0 Å². The van der Waals surface area contributed by atoms with Crippen molar-refractivity contribution in [2.45, 2.75) is 23.8 Å². The van der Waals surface area contributed by atoms with Gasteiger partial charge in [-0.25, -0.2) is 0 Å². The number of pyridine rings is 1. The van der Waals surface area contributed by atoms with Gasteiger partial charge in [-0.2, -0.15) is 0 Å². The molecule has 0 fully saturated rings. The first-order chi connectivity index (χ1) is 12.2. The number of benzene rings is 2. The summed E-state index contributed by atoms with van der Waals surface area (Å²) in [5.74, 6) is 1.01. The minimum atomic E-state index is 0.0148. The molecule has 0 aliphatic carbocycles. The third kappa shape index (κ3) is 3.51. The van der Waals surface area contributed by atoms with Crippen molar-refractivity contribution >= 4 is 40.2 Å². The van der Waals surface area contributed by atoms with Crippen molar-refractivity contribution in [2.24, 2.45) is 0 Å². The Labute approximate surface area is 155 Å². The normalized spacial score (nSPS) is 16.4. The van der Waals surface area contributed by atoms with E-state index >= 15 is 0 Å². The Hall–Kier alpha value is -2.04. The van der Waals surface area contributed by atoms with E-state index in [-0.39, 0.29) is 11.9 Å². The van der Waals surface area contributed by atoms with Gasteiger partial charge in [-0.15, -0.1) is 11.8 Å². The van der Waals surface area contributed by atoms with Crippen LogP contribution in [-0.2, 0) is 11.2 Å². The number of hydrogen-bond donors (Lipinski definition) is 1. The maximum atomic E-state index is 12.6. The summed E-state index contributed by atoms with van der Waals surface area (Å²) in [7, 11) is 0. The number of para-hydroxylation sites is 1. The predicted octanol–water partition coefficient (Wildman–Crippen LogP) is 4.78. The van der Waals surface area contributed by atoms with Gasteiger partial charge >= 0.3 is 0 Å². The van der Waals surface area contributed by atoms with E-state index in [1.165, 1.54) is 4.90 Å². The van der Waals surface area contributed by atoms with Gasteiger partial charge in [-0.3, -0.25) is 9.78 Å². The summed E-state index contributed by atoms with van der Waals surface area (Å²) < 4.78 is 0. The molecule has 3 nitrogen and oxygen atoms in total. The topological polar surface area (TPSA) is 42.0 Å². The molecule has 1 aliphatic rings. The molecule has 0 saturated heterocycles. The van der Waals surface area contributed by atoms with E-state index < -0.39 is 0 Å². The molecular weight excluding hydrogens is 352 g/mol. The highest BCUT2D eigenvalue weighted by atomic mass is 35.5. The summed E-state index contributed by atoms with van der Waals surface area (Å²) in [6.07, 6.45) is 3.01. The van der Waals surface area contributed by atoms with Crippen LogP contribution >= 0.6 is 23.4 Å². The van der Waals surface area contributed by atoms with E-state index in [0.717, 1.165) is 34.2 Å². The van der Waals surface area contributed by atoms with Crippen molar-refractivity contribution in [1.82, 2.24) is 10.3 Å². The Morgan fingerprint density at radius 1 is 1.24 bits per heavy atom. The van der Waals surface area contributed by atoms with Crippen LogP contribution in [0.3, 0.4) is 0 Å². The highest BCUT2D eigenvalue weighted by molar-refractivity contribution is 7.99. The number of halogens is 1. The molecule has 3 aromatic rings. The van der Waals surface area contributed by atoms with Crippen LogP contribution in [-0.4, -0.2) is 16.6 Å². The zero-order chi connectivity index (χ0) is 17.2. The minimum Gasteiger partial charge on any atom is -0.349 e. The molecule has 4 rings (SSSR count). The van der Waals surface area contributed by atoms with Crippen LogP contribution in [0.4, 0.5) is 0 Å². The molecule has 1 unspecified atom stereocenters. The molecule has 0 spiro atoms. The molecule has 2 aromatic carbocycles. The number of thioether (sulfide) groups is 1. The highest BCUT2D eigenvalue weighted by Gasteiger charge is 2.23. The van der Waals surface area contributed by atoms with Gasteiger partial charge in [-0.05, 0) is 41.8 Å². The van der Waals surface area contributed by atoms with Crippen LogP contribution in [0.5, 0.6) is 0 Å². The third-order valence-electron chi connectivity index (χ3n) is 4.41. The second-order valence-corrected chi connectivity index (χ2v) is 7.68. The minimum absolute atomic E-state index is 0.0148. The van der Waals surface area contributed by atoms with Gasteiger partial charge in [0, 0.05) is 27.3 Å². The number of fused-ring (bicyclic) bond motifs is 2. The van der Waals surface area contributed by atoms with E-state index in [9.17, 15) is 4.79 Å². The number of aromatic nitrogens is 1. The molecule has 5 heteroatoms. The van der Waals surface area contributed by atoms with E-state index in [4.69, 9.17) is 11.6 Å². The van der Waals surface area contributed by atoms with Crippen molar-refractivity contribution in [3.05, 3.63) is 70.9 Å². The largest absolute Gasteiger partial charge is 0.349 e. The van der Waals surface area contributed by atoms with E-state index in [1.807, 2.05) is 60.3 Å². The average molecular weight is 369 g/mol. The van der Waals surface area contributed by atoms with Crippen molar-refractivity contribution in [3.63, 3.8) is 0 Å². The van der Waals surface area contributed by atoms with Gasteiger partial charge in [0.15, 0.2) is 0 Å². The number of nitrogens with one attached hydrogen (secondary N) is 1. The molecule has 25 heavy (non-hydrogen) atoms. The summed E-state index contributed by atoms with van der Waals surface area (Å²) in [6, 6.07) is 15.8. The second kappa shape index (κ2) is 7.06. The molecule has 0 saturated carbocycles. The van der Waals surface area contributed by atoms with Gasteiger partial charge in [-0.1, -0.05) is 35.9 Å². The summed E-state index contributed by atoms with van der Waals surface area (Å²) in [6.45, 7) is 0. The first-order valence-electron chi connectivity index (χ1n) is 8.25. The second-order valence-electron chi connectivity index (χ2n) is 6.11. The third-order valence-corrected chi connectivity index (χ3v) is 5.77. The summed E-state index contributed by atoms with van der Waals surface area (Å²) >= 11 is 7.96. The Kier molecular flexibility index (Phi) is 4.64. The van der Waals surface area contributed by atoms with Crippen LogP contribution in [0.1, 0.15) is 23.6 Å². The Morgan fingerprint density at radius 2 is 2.12 bits per heavy atom. The highest BCUT2D eigenvalue weighted by Crippen LogP contribution is 2.37. The lowest BCUT2D eigenvalue weighted by Gasteiger charge is -2.26. The maximum absolute atomic E-state index is 12.6. The molecule has 1 N–H and O–H groups in total. The van der Waals surface area contributed by atoms with Gasteiger partial charge in [0.2, 0.25) is 5.91 Å². The quantitative estimate of drug-likeness (QED) is 0.723. The van der Waals surface area contributed by atoms with Gasteiger partial charge < -0.3 is 5.32 Å². The van der Waals surface area contributed by atoms with Crippen molar-refractivity contribution in [1.29, 1.82) is 0 Å². The average Bonchev–Trinajstić information content (AvgIpc) is 2.62. The zero-order valence-corrected chi connectivity index (χ0v) is 15.1. The zero-order valence-electron chi connectivity index (χ0n) is 13.5. The predicted molar refractivity (Wildman–Crippen MR) is 103 cm³/mol. The Bertz CT molecular complexity index is 939. The lowest BCUT2D eigenvalue weighted by atomic mass is 10.0. The summed E-state index contributed by atoms with van der Waals surface area (Å²) in [4.78, 5) is 18.3. The SMILES string of the molecule is O=C(Cc1cccc2cccnc12)NC1CCSc2ccc(Cl)cc21. The molecule has 1 atom stereocenters. The number of rotatable bonds is 3. The van der Waals surface area contributed by atoms with Crippen LogP contribution in [0.2, 0.25) is 5.02 Å². The standard InChI is InChI=1S/C20H17ClN2OS/c21-15-6-7-18-16(12-15)17(8-10-25-18)23-19(24)11-14-4-1-3-13-5-2-9-22-20(13)14/h1-7,9,12,17H,8,10-11H2,(H,23,24). The fraction of sp³-hybridized carbons (Fsp3) is 0.200. The first kappa shape index (κ1) is 16.4. The van der Waals surface area contributed by atoms with Crippen molar-refractivity contribution in [3.8, 4) is 0 Å². The molecule has 126 valence electrons. The van der Waals surface area contributed by atoms with E-state index in [1.54, 1.807) is 6.20 Å². The number of carbonyl (C=O) groups excluding carboxylic acids is 1. The van der Waals surface area contributed by atoms with Crippen LogP contribution < -0.4 is 5.32 Å². The van der Waals surface area contributed by atoms with Gasteiger partial charge in [0.05, 0.1) is 18.0 Å². The molecular formula is C20H17ClN2OS. The lowest BCUT2D eigenvalue weighted by Crippen LogP contribution is -2.31. The molecule has 0 radical (unpaired) electrons. The molecule has 1 aliphatic heterocycles. The lowest BCUT2D eigenvalue weighted by molar-refractivity contribution is -0.121. The summed E-state index contributed by atoms with van der Waals surface area (Å²) in [5, 5.41) is 4.94. The molecule has 2 heterocycles. The van der Waals surface area contributed by atoms with Crippen LogP contribution in [0.15, 0.2) is 59.6 Å². The monoisotopic (exact) mass is 368 g/mol. The van der Waals surface area contributed by atoms with E-state index in [2.05, 4.69) is 10.3 Å². The fourth-order valence-electron chi connectivity index (χ4n) is 3.24. The summed E-state index contributed by atoms with van der Waals surface area (Å²) in [5.41, 5.74) is 2.96. The molecule has 0 bridgehead atoms. The van der Waals surface area contributed by atoms with Gasteiger partial charge in [0.25, 0.3) is 0 Å². The fourth-order valence-corrected chi connectivity index (χ4v) is 4.53. The maximum Gasteiger partial charge on any atom is 0.224 e. The first-order valence-corrected chi connectivity index (χ1v) is 9.61. The van der Waals surface area contributed by atoms with Crippen molar-refractivity contribution in [2.75, 3.05) is 5.75 Å². The Balaban J connectivity index is 1.54.